The van der Waals surface area contributed by atoms with Crippen molar-refractivity contribution >= 4 is 44.9 Å². The molecule has 0 unspecified atom stereocenters. The summed E-state index contributed by atoms with van der Waals surface area (Å²) in [5.41, 5.74) is 3.99. The molecule has 0 aliphatic carbocycles. The van der Waals surface area contributed by atoms with Crippen molar-refractivity contribution in [3.8, 4) is 10.6 Å². The third-order valence-corrected chi connectivity index (χ3v) is 6.22. The van der Waals surface area contributed by atoms with E-state index in [1.54, 1.807) is 23.5 Å². The number of rotatable bonds is 5. The molecule has 4 rings (SSSR count). The summed E-state index contributed by atoms with van der Waals surface area (Å²) in [5, 5.41) is 3.85. The van der Waals surface area contributed by atoms with Gasteiger partial charge < -0.3 is 5.32 Å². The average molecular weight is 409 g/mol. The van der Waals surface area contributed by atoms with Gasteiger partial charge in [0.05, 0.1) is 16.0 Å². The van der Waals surface area contributed by atoms with Crippen molar-refractivity contribution in [2.45, 2.75) is 11.8 Å². The van der Waals surface area contributed by atoms with E-state index in [4.69, 9.17) is 0 Å². The predicted octanol–water partition coefficient (Wildman–Crippen LogP) is 6.14. The Morgan fingerprint density at radius 1 is 1.07 bits per heavy atom. The number of hydrogen-bond acceptors (Lipinski definition) is 4. The maximum atomic E-state index is 12.9. The molecule has 28 heavy (non-hydrogen) atoms. The van der Waals surface area contributed by atoms with Crippen LogP contribution in [-0.4, -0.2) is 16.6 Å². The van der Waals surface area contributed by atoms with E-state index in [2.05, 4.69) is 29.4 Å². The lowest BCUT2D eigenvalue weighted by Gasteiger charge is -2.06. The highest BCUT2D eigenvalue weighted by molar-refractivity contribution is 8.00. The Bertz CT molecular complexity index is 1120. The summed E-state index contributed by atoms with van der Waals surface area (Å²) in [6, 6.07) is 20.1. The minimum atomic E-state index is -0.280. The largest absolute Gasteiger partial charge is 0.325 e. The molecule has 1 amide bonds. The SMILES string of the molecule is Cc1ccc2nc(-c3ccc(NC(=O)CSc4ccc(F)cc4)cc3)sc2c1. The van der Waals surface area contributed by atoms with Crippen molar-refractivity contribution in [1.29, 1.82) is 0 Å². The van der Waals surface area contributed by atoms with Crippen LogP contribution in [0.4, 0.5) is 10.1 Å². The molecule has 0 atom stereocenters. The zero-order valence-corrected chi connectivity index (χ0v) is 16.7. The van der Waals surface area contributed by atoms with Crippen LogP contribution in [0.5, 0.6) is 0 Å². The number of fused-ring (bicyclic) bond motifs is 1. The van der Waals surface area contributed by atoms with Gasteiger partial charge in [-0.3, -0.25) is 4.79 Å². The van der Waals surface area contributed by atoms with Crippen LogP contribution in [0.25, 0.3) is 20.8 Å². The lowest BCUT2D eigenvalue weighted by molar-refractivity contribution is -0.113. The number of hydrogen-bond donors (Lipinski definition) is 1. The summed E-state index contributed by atoms with van der Waals surface area (Å²) in [4.78, 5) is 17.7. The van der Waals surface area contributed by atoms with Crippen molar-refractivity contribution in [3.05, 3.63) is 78.1 Å². The molecule has 0 bridgehead atoms. The van der Waals surface area contributed by atoms with Gasteiger partial charge in [-0.15, -0.1) is 23.1 Å². The highest BCUT2D eigenvalue weighted by Gasteiger charge is 2.08. The van der Waals surface area contributed by atoms with Gasteiger partial charge in [0.2, 0.25) is 5.91 Å². The zero-order valence-electron chi connectivity index (χ0n) is 15.1. The summed E-state index contributed by atoms with van der Waals surface area (Å²) in [5.74, 6) is -0.111. The van der Waals surface area contributed by atoms with Gasteiger partial charge in [0.25, 0.3) is 0 Å². The third kappa shape index (κ3) is 4.40. The van der Waals surface area contributed by atoms with Gasteiger partial charge in [0.1, 0.15) is 10.8 Å². The van der Waals surface area contributed by atoms with Gasteiger partial charge in [0, 0.05) is 16.1 Å². The van der Waals surface area contributed by atoms with E-state index < -0.39 is 0 Å². The molecule has 0 aliphatic rings. The van der Waals surface area contributed by atoms with Crippen LogP contribution in [0.2, 0.25) is 0 Å². The fourth-order valence-electron chi connectivity index (χ4n) is 2.73. The summed E-state index contributed by atoms with van der Waals surface area (Å²) < 4.78 is 14.1. The van der Waals surface area contributed by atoms with Crippen LogP contribution in [-0.2, 0) is 4.79 Å². The molecule has 0 fully saturated rings. The standard InChI is InChI=1S/C22H17FN2OS2/c1-14-2-11-19-20(12-14)28-22(25-19)15-3-7-17(8-4-15)24-21(26)13-27-18-9-5-16(23)6-10-18/h2-12H,13H2,1H3,(H,24,26). The predicted molar refractivity (Wildman–Crippen MR) is 116 cm³/mol. The Morgan fingerprint density at radius 2 is 1.82 bits per heavy atom. The molecule has 0 spiro atoms. The molecule has 0 radical (unpaired) electrons. The molecule has 3 aromatic carbocycles. The van der Waals surface area contributed by atoms with E-state index in [1.165, 1.54) is 34.2 Å². The van der Waals surface area contributed by atoms with E-state index in [1.807, 2.05) is 30.3 Å². The molecular formula is C22H17FN2OS2. The number of nitrogens with one attached hydrogen (secondary N) is 1. The Morgan fingerprint density at radius 3 is 2.57 bits per heavy atom. The van der Waals surface area contributed by atoms with Crippen LogP contribution in [0, 0.1) is 12.7 Å². The van der Waals surface area contributed by atoms with E-state index in [9.17, 15) is 9.18 Å². The van der Waals surface area contributed by atoms with E-state index in [0.29, 0.717) is 0 Å². The highest BCUT2D eigenvalue weighted by atomic mass is 32.2. The molecule has 6 heteroatoms. The number of nitrogens with zero attached hydrogens (tertiary/aromatic N) is 1. The van der Waals surface area contributed by atoms with Crippen molar-refractivity contribution < 1.29 is 9.18 Å². The quantitative estimate of drug-likeness (QED) is 0.403. The molecule has 140 valence electrons. The number of thiazole rings is 1. The van der Waals surface area contributed by atoms with Gasteiger partial charge in [-0.05, 0) is 73.2 Å². The molecule has 3 nitrogen and oxygen atoms in total. The second kappa shape index (κ2) is 8.12. The number of carbonyl (C=O) groups excluding carboxylic acids is 1. The molecule has 0 saturated heterocycles. The van der Waals surface area contributed by atoms with E-state index in [-0.39, 0.29) is 17.5 Å². The zero-order chi connectivity index (χ0) is 19.5. The normalized spacial score (nSPS) is 10.9. The molecule has 0 aliphatic heterocycles. The number of benzene rings is 3. The Kier molecular flexibility index (Phi) is 5.41. The Hall–Kier alpha value is -2.70. The highest BCUT2D eigenvalue weighted by Crippen LogP contribution is 2.31. The first-order valence-corrected chi connectivity index (χ1v) is 10.5. The second-order valence-corrected chi connectivity index (χ2v) is 8.44. The Labute approximate surface area is 170 Å². The van der Waals surface area contributed by atoms with Crippen LogP contribution < -0.4 is 5.32 Å². The fourth-order valence-corrected chi connectivity index (χ4v) is 4.50. The summed E-state index contributed by atoms with van der Waals surface area (Å²) in [6.45, 7) is 2.07. The minimum Gasteiger partial charge on any atom is -0.325 e. The smallest absolute Gasteiger partial charge is 0.234 e. The topological polar surface area (TPSA) is 42.0 Å². The van der Waals surface area contributed by atoms with Crippen molar-refractivity contribution in [1.82, 2.24) is 4.98 Å². The molecule has 1 aromatic heterocycles. The fraction of sp³-hybridized carbons (Fsp3) is 0.0909. The number of amides is 1. The lowest BCUT2D eigenvalue weighted by atomic mass is 10.2. The van der Waals surface area contributed by atoms with E-state index >= 15 is 0 Å². The third-order valence-electron chi connectivity index (χ3n) is 4.14. The van der Waals surface area contributed by atoms with Gasteiger partial charge in [-0.1, -0.05) is 6.07 Å². The first-order valence-electron chi connectivity index (χ1n) is 8.73. The molecule has 1 heterocycles. The number of aryl methyl sites for hydroxylation is 1. The van der Waals surface area contributed by atoms with Crippen LogP contribution in [0.15, 0.2) is 71.6 Å². The van der Waals surface area contributed by atoms with Crippen molar-refractivity contribution in [2.24, 2.45) is 0 Å². The van der Waals surface area contributed by atoms with Gasteiger partial charge >= 0.3 is 0 Å². The van der Waals surface area contributed by atoms with Crippen LogP contribution in [0.3, 0.4) is 0 Å². The monoisotopic (exact) mass is 408 g/mol. The molecule has 4 aromatic rings. The summed E-state index contributed by atoms with van der Waals surface area (Å²) in [6.07, 6.45) is 0. The molecular weight excluding hydrogens is 391 g/mol. The molecule has 1 N–H and O–H groups in total. The van der Waals surface area contributed by atoms with E-state index in [0.717, 1.165) is 26.7 Å². The second-order valence-electron chi connectivity index (χ2n) is 6.36. The van der Waals surface area contributed by atoms with Gasteiger partial charge in [-0.2, -0.15) is 0 Å². The maximum Gasteiger partial charge on any atom is 0.234 e. The first-order chi connectivity index (χ1) is 13.6. The maximum absolute atomic E-state index is 12.9. The average Bonchev–Trinajstić information content (AvgIpc) is 3.11. The number of thioether (sulfide) groups is 1. The van der Waals surface area contributed by atoms with Crippen LogP contribution in [0.1, 0.15) is 5.56 Å². The van der Waals surface area contributed by atoms with Crippen molar-refractivity contribution in [3.63, 3.8) is 0 Å². The number of anilines is 1. The molecule has 0 saturated carbocycles. The lowest BCUT2D eigenvalue weighted by Crippen LogP contribution is -2.13. The summed E-state index contributed by atoms with van der Waals surface area (Å²) in [7, 11) is 0. The number of aromatic nitrogens is 1. The number of carbonyl (C=O) groups is 1. The number of halogens is 1. The van der Waals surface area contributed by atoms with Gasteiger partial charge in [-0.25, -0.2) is 9.37 Å². The van der Waals surface area contributed by atoms with Crippen molar-refractivity contribution in [2.75, 3.05) is 11.1 Å². The Balaban J connectivity index is 1.39. The van der Waals surface area contributed by atoms with Gasteiger partial charge in [0.15, 0.2) is 0 Å². The first kappa shape index (κ1) is 18.7. The minimum absolute atomic E-state index is 0.0995. The summed E-state index contributed by atoms with van der Waals surface area (Å²) >= 11 is 3.04. The van der Waals surface area contributed by atoms with Crippen LogP contribution >= 0.6 is 23.1 Å².